The number of hydrogen-bond donors (Lipinski definition) is 16. The number of hydrogen-bond acceptors (Lipinski definition) is 16. The van der Waals surface area contributed by atoms with Crippen molar-refractivity contribution in [2.75, 3.05) is 52.4 Å². The maximum absolute atomic E-state index is 14.2. The van der Waals surface area contributed by atoms with Crippen LogP contribution in [0.1, 0.15) is 171 Å². The lowest BCUT2D eigenvalue weighted by Crippen LogP contribution is -2.54. The molecule has 0 aromatic carbocycles. The second-order valence-corrected chi connectivity index (χ2v) is 30.5. The molecular weight excluding hydrogens is 1230 g/mol. The molecule has 18 atom stereocenters. The van der Waals surface area contributed by atoms with Crippen LogP contribution in [-0.2, 0) is 57.5 Å². The van der Waals surface area contributed by atoms with Crippen LogP contribution in [0.15, 0.2) is 0 Å². The first-order valence-corrected chi connectivity index (χ1v) is 36.0. The van der Waals surface area contributed by atoms with Gasteiger partial charge in [-0.2, -0.15) is 0 Å². The number of carbonyl (C=O) groups excluding carboxylic acids is 12. The van der Waals surface area contributed by atoms with Gasteiger partial charge in [-0.1, -0.05) is 74.7 Å². The van der Waals surface area contributed by atoms with Gasteiger partial charge in [-0.3, -0.25) is 57.5 Å². The highest BCUT2D eigenvalue weighted by molar-refractivity contribution is 5.89. The van der Waals surface area contributed by atoms with Gasteiger partial charge in [-0.15, -0.1) is 0 Å². The van der Waals surface area contributed by atoms with Gasteiger partial charge in [0.15, 0.2) is 0 Å². The quantitative estimate of drug-likeness (QED) is 0.0362. The van der Waals surface area contributed by atoms with Crippen LogP contribution in [0.3, 0.4) is 0 Å². The Morgan fingerprint density at radius 3 is 0.885 bits per heavy atom. The molecule has 0 unspecified atom stereocenters. The second-order valence-electron chi connectivity index (χ2n) is 30.5. The number of carbonyl (C=O) groups is 12. The molecule has 0 radical (unpaired) electrons. The third-order valence-electron chi connectivity index (χ3n) is 20.3. The Bertz CT molecular complexity index is 2720. The van der Waals surface area contributed by atoms with Crippen LogP contribution in [0.2, 0.25) is 0 Å². The van der Waals surface area contributed by atoms with Crippen molar-refractivity contribution in [3.63, 3.8) is 0 Å². The summed E-state index contributed by atoms with van der Waals surface area (Å²) in [6, 6.07) is -5.24. The maximum Gasteiger partial charge on any atom is 0.226 e. The standard InChI is InChI=1S/C68H116N16O12/c1-35(2)19-40(23-58(69)86)75-65(93)47-27-70-31-54(47)80-61(89)26-42(21-37(5)6)76-62(90)45-14-11-17-52(45)81-67(95)50-30-73-34-57(50)84-64(92)46-15-12-18-53(46)82-68(96)49-29-72-33-56(49)83-63(91)44-13-10-16-51(44)78-59(87)25-43(22-38(7)8)77-66(94)48-28-71-32-55(48)79-60(88)24-41(20-36(3)4)74-39(9)85/h35-38,40-57,70-73H,10-34H2,1-9H3,(H2,69,86)(H,74,85)(H,75,93)(H,76,90)(H,77,94)(H,78,87)(H,79,88)(H,80,89)(H,81,95)(H,82,96)(H,83,91)(H,84,92)/t40-,41-,42-,43-,44-,45-,46-,47-,48-,49-,50-,51-,52-,53-,54-,55-,56-,57-/m0/s1. The molecule has 28 heteroatoms. The topological polar surface area (TPSA) is 411 Å². The molecule has 3 saturated carbocycles. The highest BCUT2D eigenvalue weighted by Crippen LogP contribution is 2.31. The molecule has 4 heterocycles. The van der Waals surface area contributed by atoms with E-state index in [2.05, 4.69) is 79.8 Å². The van der Waals surface area contributed by atoms with E-state index in [4.69, 9.17) is 5.73 Å². The van der Waals surface area contributed by atoms with Gasteiger partial charge >= 0.3 is 0 Å². The summed E-state index contributed by atoms with van der Waals surface area (Å²) >= 11 is 0. The van der Waals surface area contributed by atoms with Crippen LogP contribution in [-0.4, -0.2) is 190 Å². The van der Waals surface area contributed by atoms with E-state index in [1.54, 1.807) is 0 Å². The summed E-state index contributed by atoms with van der Waals surface area (Å²) in [4.78, 5) is 162. The normalized spacial score (nSPS) is 29.1. The molecule has 0 aromatic heterocycles. The fraction of sp³-hybridized carbons (Fsp3) is 0.824. The zero-order valence-corrected chi connectivity index (χ0v) is 58.4. The fourth-order valence-corrected chi connectivity index (χ4v) is 15.9. The van der Waals surface area contributed by atoms with Crippen molar-refractivity contribution in [3.05, 3.63) is 0 Å². The average molecular weight is 1350 g/mol. The van der Waals surface area contributed by atoms with E-state index in [1.807, 2.05) is 55.4 Å². The van der Waals surface area contributed by atoms with Gasteiger partial charge in [0.05, 0.1) is 65.6 Å². The highest BCUT2D eigenvalue weighted by Gasteiger charge is 2.45. The van der Waals surface area contributed by atoms with Crippen molar-refractivity contribution in [1.29, 1.82) is 0 Å². The first-order chi connectivity index (χ1) is 45.6. The van der Waals surface area contributed by atoms with Crippen LogP contribution >= 0.6 is 0 Å². The SMILES string of the molecule is CC(=O)N[C@H](CC(=O)N[C@H]1CNC[C@@H]1C(=O)N[C@H](CC(=O)N[C@H]1CCC[C@@H]1C(=O)N[C@H]1CNC[C@@H]1C(=O)N[C@H]1CCC[C@@H]1C(=O)N[C@H]1CNC[C@@H]1C(=O)N[C@H]1CCC[C@@H]1C(=O)N[C@H](CC(=O)N[C@H]1CNC[C@@H]1C(=O)N[C@H](CC(N)=O)CC(C)C)CC(C)C)CC(C)C)CC(C)C. The van der Waals surface area contributed by atoms with Crippen LogP contribution in [0.4, 0.5) is 0 Å². The van der Waals surface area contributed by atoms with Gasteiger partial charge < -0.3 is 85.5 Å². The average Bonchev–Trinajstić information content (AvgIpc) is 1.92. The van der Waals surface area contributed by atoms with Crippen LogP contribution in [0.25, 0.3) is 0 Å². The lowest BCUT2D eigenvalue weighted by molar-refractivity contribution is -0.131. The van der Waals surface area contributed by atoms with Crippen molar-refractivity contribution in [2.45, 2.75) is 238 Å². The second kappa shape index (κ2) is 36.9. The smallest absolute Gasteiger partial charge is 0.226 e. The zero-order valence-electron chi connectivity index (χ0n) is 58.4. The lowest BCUT2D eigenvalue weighted by Gasteiger charge is -2.29. The number of amides is 12. The number of rotatable bonds is 34. The van der Waals surface area contributed by atoms with Gasteiger partial charge in [-0.05, 0) is 87.9 Å². The Kier molecular flexibility index (Phi) is 29.5. The van der Waals surface area contributed by atoms with E-state index in [1.165, 1.54) is 6.92 Å². The molecule has 7 rings (SSSR count). The first kappa shape index (κ1) is 76.8. The summed E-state index contributed by atoms with van der Waals surface area (Å²) in [5, 5.41) is 46.6. The summed E-state index contributed by atoms with van der Waals surface area (Å²) in [6.07, 6.45) is 7.79. The molecule has 96 heavy (non-hydrogen) atoms. The lowest BCUT2D eigenvalue weighted by atomic mass is 9.95. The van der Waals surface area contributed by atoms with Gasteiger partial charge in [0.1, 0.15) is 0 Å². The van der Waals surface area contributed by atoms with E-state index in [-0.39, 0.29) is 120 Å². The van der Waals surface area contributed by atoms with Gasteiger partial charge in [0.25, 0.3) is 0 Å². The fourth-order valence-electron chi connectivity index (χ4n) is 15.9. The summed E-state index contributed by atoms with van der Waals surface area (Å²) in [5.41, 5.74) is 5.47. The predicted octanol–water partition coefficient (Wildman–Crippen LogP) is -1.15. The van der Waals surface area contributed by atoms with Crippen LogP contribution < -0.4 is 85.5 Å². The predicted molar refractivity (Wildman–Crippen MR) is 360 cm³/mol. The summed E-state index contributed by atoms with van der Waals surface area (Å²) in [7, 11) is 0. The molecule has 0 aromatic rings. The largest absolute Gasteiger partial charge is 0.370 e. The third kappa shape index (κ3) is 23.3. The molecule has 4 aliphatic heterocycles. The molecule has 12 amide bonds. The van der Waals surface area contributed by atoms with Crippen molar-refractivity contribution in [2.24, 2.45) is 70.8 Å². The van der Waals surface area contributed by atoms with E-state index >= 15 is 0 Å². The van der Waals surface area contributed by atoms with Crippen LogP contribution in [0, 0.1) is 65.1 Å². The minimum atomic E-state index is -0.629. The first-order valence-electron chi connectivity index (χ1n) is 36.0. The number of nitrogens with one attached hydrogen (secondary N) is 15. The minimum Gasteiger partial charge on any atom is -0.370 e. The molecule has 0 spiro atoms. The molecule has 0 bridgehead atoms. The molecule has 4 saturated heterocycles. The van der Waals surface area contributed by atoms with E-state index in [0.29, 0.717) is 136 Å². The maximum atomic E-state index is 14.2. The highest BCUT2D eigenvalue weighted by atomic mass is 16.2. The Labute approximate surface area is 567 Å². The van der Waals surface area contributed by atoms with Gasteiger partial charge in [-0.25, -0.2) is 0 Å². The van der Waals surface area contributed by atoms with E-state index in [0.717, 1.165) is 0 Å². The van der Waals surface area contributed by atoms with Gasteiger partial charge in [0, 0.05) is 127 Å². The van der Waals surface area contributed by atoms with Crippen molar-refractivity contribution in [1.82, 2.24) is 79.8 Å². The van der Waals surface area contributed by atoms with Crippen molar-refractivity contribution < 1.29 is 57.5 Å². The Balaban J connectivity index is 0.854. The van der Waals surface area contributed by atoms with Crippen molar-refractivity contribution >= 4 is 70.9 Å². The molecule has 7 fully saturated rings. The molecule has 540 valence electrons. The zero-order chi connectivity index (χ0) is 69.9. The molecule has 17 N–H and O–H groups in total. The Morgan fingerprint density at radius 2 is 0.562 bits per heavy atom. The molecule has 3 aliphatic carbocycles. The minimum absolute atomic E-state index is 0.00694. The summed E-state index contributed by atoms with van der Waals surface area (Å²) < 4.78 is 0. The Morgan fingerprint density at radius 1 is 0.312 bits per heavy atom. The van der Waals surface area contributed by atoms with E-state index < -0.39 is 108 Å². The molecule has 28 nitrogen and oxygen atoms in total. The molecular formula is C68H116N16O12. The van der Waals surface area contributed by atoms with Crippen LogP contribution in [0.5, 0.6) is 0 Å². The van der Waals surface area contributed by atoms with Crippen molar-refractivity contribution in [3.8, 4) is 0 Å². The Hall–Kier alpha value is -6.52. The monoisotopic (exact) mass is 1350 g/mol. The van der Waals surface area contributed by atoms with Gasteiger partial charge in [0.2, 0.25) is 70.9 Å². The number of primary amides is 1. The van der Waals surface area contributed by atoms with E-state index in [9.17, 15) is 57.5 Å². The number of nitrogens with two attached hydrogens (primary N) is 1. The summed E-state index contributed by atoms with van der Waals surface area (Å²) in [5.74, 6) is -6.78. The third-order valence-corrected chi connectivity index (χ3v) is 20.3. The summed E-state index contributed by atoms with van der Waals surface area (Å²) in [6.45, 7) is 20.3. The molecule has 7 aliphatic rings.